The van der Waals surface area contributed by atoms with E-state index in [9.17, 15) is 9.59 Å². The van der Waals surface area contributed by atoms with Crippen LogP contribution in [0.3, 0.4) is 0 Å². The highest BCUT2D eigenvalue weighted by Crippen LogP contribution is 2.28. The maximum atomic E-state index is 13.1. The van der Waals surface area contributed by atoms with Gasteiger partial charge in [0.15, 0.2) is 5.16 Å². The van der Waals surface area contributed by atoms with E-state index in [2.05, 4.69) is 15.5 Å². The Morgan fingerprint density at radius 2 is 1.90 bits per heavy atom. The summed E-state index contributed by atoms with van der Waals surface area (Å²) in [6, 6.07) is 16.0. The van der Waals surface area contributed by atoms with Gasteiger partial charge in [-0.2, -0.15) is 0 Å². The van der Waals surface area contributed by atoms with Gasteiger partial charge in [-0.15, -0.1) is 10.2 Å². The number of esters is 1. The molecular weight excluding hydrogens is 414 g/mol. The van der Waals surface area contributed by atoms with Gasteiger partial charge < -0.3 is 15.8 Å². The van der Waals surface area contributed by atoms with Crippen molar-refractivity contribution >= 4 is 35.3 Å². The van der Waals surface area contributed by atoms with Crippen LogP contribution in [0.4, 0.5) is 11.6 Å². The van der Waals surface area contributed by atoms with Crippen molar-refractivity contribution in [2.24, 2.45) is 0 Å². The van der Waals surface area contributed by atoms with Crippen molar-refractivity contribution < 1.29 is 14.3 Å². The Labute approximate surface area is 185 Å². The maximum absolute atomic E-state index is 13.1. The lowest BCUT2D eigenvalue weighted by molar-refractivity contribution is -0.119. The molecule has 0 aliphatic carbocycles. The van der Waals surface area contributed by atoms with Crippen molar-refractivity contribution in [3.05, 3.63) is 65.7 Å². The smallest absolute Gasteiger partial charge is 0.338 e. The van der Waals surface area contributed by atoms with Gasteiger partial charge in [0, 0.05) is 11.4 Å². The van der Waals surface area contributed by atoms with Crippen molar-refractivity contribution in [1.29, 1.82) is 0 Å². The van der Waals surface area contributed by atoms with Crippen molar-refractivity contribution in [2.45, 2.75) is 37.2 Å². The van der Waals surface area contributed by atoms with Gasteiger partial charge in [-0.05, 0) is 37.1 Å². The Morgan fingerprint density at radius 3 is 2.61 bits per heavy atom. The fraction of sp³-hybridized carbons (Fsp3) is 0.273. The van der Waals surface area contributed by atoms with Crippen molar-refractivity contribution in [2.75, 3.05) is 17.7 Å². The number of hydrogen-bond acceptors (Lipinski definition) is 7. The number of rotatable bonds is 9. The Balaban J connectivity index is 1.76. The van der Waals surface area contributed by atoms with Crippen LogP contribution in [0.15, 0.2) is 59.8 Å². The molecule has 162 valence electrons. The van der Waals surface area contributed by atoms with Crippen molar-refractivity contribution in [1.82, 2.24) is 14.8 Å². The number of benzene rings is 2. The third-order valence-electron chi connectivity index (χ3n) is 4.54. The number of nitrogens with zero attached hydrogens (tertiary/aromatic N) is 3. The summed E-state index contributed by atoms with van der Waals surface area (Å²) < 4.78 is 6.67. The summed E-state index contributed by atoms with van der Waals surface area (Å²) in [6.45, 7) is 3.92. The van der Waals surface area contributed by atoms with Crippen LogP contribution in [-0.4, -0.2) is 33.2 Å². The summed E-state index contributed by atoms with van der Waals surface area (Å²) >= 11 is 1.47. The Bertz CT molecular complexity index is 1040. The number of hydrogen-bond donors (Lipinski definition) is 2. The Morgan fingerprint density at radius 1 is 1.13 bits per heavy atom. The van der Waals surface area contributed by atoms with Crippen molar-refractivity contribution in [3.63, 3.8) is 0 Å². The van der Waals surface area contributed by atoms with E-state index in [1.54, 1.807) is 35.8 Å². The molecular formula is C22H25N5O3S. The first-order valence-electron chi connectivity index (χ1n) is 9.98. The molecule has 0 spiro atoms. The van der Waals surface area contributed by atoms with E-state index in [4.69, 9.17) is 10.5 Å². The first kappa shape index (κ1) is 22.4. The summed E-state index contributed by atoms with van der Waals surface area (Å²) in [5.41, 5.74) is 8.05. The van der Waals surface area contributed by atoms with Crippen LogP contribution < -0.4 is 11.1 Å². The first-order valence-corrected chi connectivity index (χ1v) is 11.0. The van der Waals surface area contributed by atoms with Gasteiger partial charge >= 0.3 is 5.97 Å². The monoisotopic (exact) mass is 439 g/mol. The van der Waals surface area contributed by atoms with Crippen LogP contribution >= 0.6 is 11.8 Å². The number of thioether (sulfide) groups is 1. The minimum absolute atomic E-state index is 0.179. The highest BCUT2D eigenvalue weighted by atomic mass is 32.2. The lowest BCUT2D eigenvalue weighted by atomic mass is 10.1. The molecule has 0 fully saturated rings. The second-order valence-corrected chi connectivity index (χ2v) is 7.64. The molecule has 2 aromatic carbocycles. The first-order chi connectivity index (χ1) is 15.0. The highest BCUT2D eigenvalue weighted by molar-refractivity contribution is 7.98. The molecule has 1 aromatic heterocycles. The summed E-state index contributed by atoms with van der Waals surface area (Å²) in [5, 5.41) is 11.6. The molecule has 0 saturated heterocycles. The average Bonchev–Trinajstić information content (AvgIpc) is 3.14. The third-order valence-corrected chi connectivity index (χ3v) is 5.56. The molecule has 0 aliphatic heterocycles. The normalized spacial score (nSPS) is 11.7. The zero-order valence-electron chi connectivity index (χ0n) is 17.4. The van der Waals surface area contributed by atoms with Crippen LogP contribution in [0.5, 0.6) is 0 Å². The van der Waals surface area contributed by atoms with Crippen LogP contribution in [0.2, 0.25) is 0 Å². The van der Waals surface area contributed by atoms with Crippen LogP contribution in [-0.2, 0) is 15.3 Å². The minimum atomic E-state index is -0.598. The van der Waals surface area contributed by atoms with Crippen LogP contribution in [0, 0.1) is 0 Å². The predicted molar refractivity (Wildman–Crippen MR) is 121 cm³/mol. The number of anilines is 2. The summed E-state index contributed by atoms with van der Waals surface area (Å²) in [6.07, 6.45) is 0.491. The molecule has 9 heteroatoms. The number of nitrogens with one attached hydrogen (secondary N) is 1. The molecule has 3 N–H and O–H groups in total. The number of aromatic nitrogens is 3. The topological polar surface area (TPSA) is 112 Å². The summed E-state index contributed by atoms with van der Waals surface area (Å²) in [4.78, 5) is 25.0. The highest BCUT2D eigenvalue weighted by Gasteiger charge is 2.25. The molecule has 3 rings (SSSR count). The quantitative estimate of drug-likeness (QED) is 0.384. The summed E-state index contributed by atoms with van der Waals surface area (Å²) in [5.74, 6) is 0.154. The fourth-order valence-electron chi connectivity index (χ4n) is 3.05. The number of nitrogen functional groups attached to an aromatic ring is 1. The van der Waals surface area contributed by atoms with Gasteiger partial charge in [-0.1, -0.05) is 55.1 Å². The molecule has 1 atom stereocenters. The maximum Gasteiger partial charge on any atom is 0.338 e. The van der Waals surface area contributed by atoms with Gasteiger partial charge in [0.05, 0.1) is 12.2 Å². The molecule has 0 saturated carbocycles. The lowest BCUT2D eigenvalue weighted by Crippen LogP contribution is -2.27. The van der Waals surface area contributed by atoms with E-state index in [0.29, 0.717) is 28.6 Å². The second-order valence-electron chi connectivity index (χ2n) is 6.70. The minimum Gasteiger partial charge on any atom is -0.462 e. The van der Waals surface area contributed by atoms with E-state index < -0.39 is 12.0 Å². The molecule has 1 amide bonds. The van der Waals surface area contributed by atoms with Gasteiger partial charge in [0.2, 0.25) is 11.9 Å². The van der Waals surface area contributed by atoms with E-state index in [0.717, 1.165) is 5.56 Å². The van der Waals surface area contributed by atoms with Crippen LogP contribution in [0.1, 0.15) is 42.2 Å². The van der Waals surface area contributed by atoms with E-state index in [1.807, 2.05) is 37.3 Å². The van der Waals surface area contributed by atoms with E-state index >= 15 is 0 Å². The number of carbonyl (C=O) groups excluding carboxylic acids is 2. The zero-order chi connectivity index (χ0) is 22.2. The summed E-state index contributed by atoms with van der Waals surface area (Å²) in [7, 11) is 0. The molecule has 8 nitrogen and oxygen atoms in total. The van der Waals surface area contributed by atoms with Gasteiger partial charge in [0.1, 0.15) is 6.04 Å². The molecule has 0 radical (unpaired) electrons. The average molecular weight is 440 g/mol. The molecule has 1 unspecified atom stereocenters. The Hall–Kier alpha value is -3.33. The molecule has 3 aromatic rings. The van der Waals surface area contributed by atoms with E-state index in [1.165, 1.54) is 11.8 Å². The fourth-order valence-corrected chi connectivity index (χ4v) is 4.00. The van der Waals surface area contributed by atoms with Gasteiger partial charge in [0.25, 0.3) is 0 Å². The number of nitrogens with two attached hydrogens (primary N) is 1. The molecule has 0 aliphatic rings. The van der Waals surface area contributed by atoms with Gasteiger partial charge in [-0.3, -0.25) is 9.36 Å². The second kappa shape index (κ2) is 10.6. The number of amides is 1. The predicted octanol–water partition coefficient (Wildman–Crippen LogP) is 3.92. The zero-order valence-corrected chi connectivity index (χ0v) is 18.3. The van der Waals surface area contributed by atoms with Crippen LogP contribution in [0.25, 0.3) is 0 Å². The SMILES string of the molecule is CCOC(=O)c1cccc(NC(=O)C(CC)n2c(N)nnc2SCc2ccccc2)c1. The molecule has 0 bridgehead atoms. The Kier molecular flexibility index (Phi) is 7.66. The van der Waals surface area contributed by atoms with E-state index in [-0.39, 0.29) is 18.5 Å². The third kappa shape index (κ3) is 5.64. The van der Waals surface area contributed by atoms with Crippen molar-refractivity contribution in [3.8, 4) is 0 Å². The largest absolute Gasteiger partial charge is 0.462 e. The van der Waals surface area contributed by atoms with Gasteiger partial charge in [-0.25, -0.2) is 4.79 Å². The molecule has 31 heavy (non-hydrogen) atoms. The lowest BCUT2D eigenvalue weighted by Gasteiger charge is -2.19. The molecule has 1 heterocycles. The number of carbonyl (C=O) groups is 2. The standard InChI is InChI=1S/C22H25N5O3S/c1-3-18(19(28)24-17-12-8-11-16(13-17)20(29)30-4-2)27-21(23)25-26-22(27)31-14-15-9-6-5-7-10-15/h5-13,18H,3-4,14H2,1-2H3,(H2,23,25)(H,24,28). The number of ether oxygens (including phenoxy) is 1.